The van der Waals surface area contributed by atoms with Gasteiger partial charge in [-0.2, -0.15) is 0 Å². The van der Waals surface area contributed by atoms with Crippen molar-refractivity contribution in [3.8, 4) is 0 Å². The van der Waals surface area contributed by atoms with Gasteiger partial charge in [-0.1, -0.05) is 6.07 Å². The fourth-order valence-electron chi connectivity index (χ4n) is 2.15. The minimum Gasteiger partial charge on any atom is -0.444 e. The molecule has 22 heavy (non-hydrogen) atoms. The predicted molar refractivity (Wildman–Crippen MR) is 80.7 cm³/mol. The van der Waals surface area contributed by atoms with E-state index < -0.39 is 5.60 Å². The summed E-state index contributed by atoms with van der Waals surface area (Å²) in [5.74, 6) is -0.156. The van der Waals surface area contributed by atoms with Gasteiger partial charge >= 0.3 is 6.09 Å². The third-order valence-electron chi connectivity index (χ3n) is 3.20. The molecule has 0 unspecified atom stereocenters. The lowest BCUT2D eigenvalue weighted by molar-refractivity contribution is 0.0217. The maximum Gasteiger partial charge on any atom is 0.410 e. The lowest BCUT2D eigenvalue weighted by Crippen LogP contribution is -2.36. The van der Waals surface area contributed by atoms with Crippen LogP contribution in [0.3, 0.4) is 0 Å². The van der Waals surface area contributed by atoms with Crippen LogP contribution in [-0.2, 0) is 9.47 Å². The molecule has 0 radical (unpaired) electrons. The van der Waals surface area contributed by atoms with E-state index in [1.54, 1.807) is 29.3 Å². The van der Waals surface area contributed by atoms with Gasteiger partial charge in [0.25, 0.3) is 0 Å². The van der Waals surface area contributed by atoms with E-state index >= 15 is 0 Å². The van der Waals surface area contributed by atoms with Crippen LogP contribution in [-0.4, -0.2) is 53.2 Å². The standard InChI is InChI=1S/C16H22N2O4/c1-16(2,3)22-15(20)18-9-7-12(10-18)21-11-14(19)13-6-4-5-8-17-13/h4-6,8,12H,7,9-11H2,1-3H3/t12-/m0/s1. The molecule has 0 aromatic carbocycles. The first-order valence-electron chi connectivity index (χ1n) is 7.39. The van der Waals surface area contributed by atoms with Gasteiger partial charge < -0.3 is 14.4 Å². The summed E-state index contributed by atoms with van der Waals surface area (Å²) in [6.45, 7) is 6.51. The van der Waals surface area contributed by atoms with E-state index in [4.69, 9.17) is 9.47 Å². The molecule has 0 bridgehead atoms. The zero-order valence-corrected chi connectivity index (χ0v) is 13.2. The van der Waals surface area contributed by atoms with Crippen LogP contribution in [0.5, 0.6) is 0 Å². The molecule has 2 rings (SSSR count). The van der Waals surface area contributed by atoms with Crippen molar-refractivity contribution in [2.75, 3.05) is 19.7 Å². The van der Waals surface area contributed by atoms with E-state index in [9.17, 15) is 9.59 Å². The molecule has 1 aromatic heterocycles. The van der Waals surface area contributed by atoms with Crippen LogP contribution in [0.25, 0.3) is 0 Å². The minimum atomic E-state index is -0.509. The monoisotopic (exact) mass is 306 g/mol. The fraction of sp³-hybridized carbons (Fsp3) is 0.562. The second kappa shape index (κ2) is 6.87. The Bertz CT molecular complexity index is 525. The van der Waals surface area contributed by atoms with Crippen molar-refractivity contribution in [1.82, 2.24) is 9.88 Å². The molecule has 1 saturated heterocycles. The molecule has 6 nitrogen and oxygen atoms in total. The Hall–Kier alpha value is -1.95. The average Bonchev–Trinajstić information content (AvgIpc) is 2.93. The van der Waals surface area contributed by atoms with Crippen molar-refractivity contribution < 1.29 is 19.1 Å². The minimum absolute atomic E-state index is 0.0240. The summed E-state index contributed by atoms with van der Waals surface area (Å²) in [4.78, 5) is 29.5. The highest BCUT2D eigenvalue weighted by Gasteiger charge is 2.30. The molecule has 120 valence electrons. The number of ether oxygens (including phenoxy) is 2. The van der Waals surface area contributed by atoms with Gasteiger partial charge in [-0.15, -0.1) is 0 Å². The number of hydrogen-bond acceptors (Lipinski definition) is 5. The van der Waals surface area contributed by atoms with Gasteiger partial charge in [-0.05, 0) is 39.3 Å². The van der Waals surface area contributed by atoms with Crippen LogP contribution < -0.4 is 0 Å². The van der Waals surface area contributed by atoms with E-state index in [2.05, 4.69) is 4.98 Å². The van der Waals surface area contributed by atoms with E-state index in [0.29, 0.717) is 25.2 Å². The van der Waals surface area contributed by atoms with E-state index in [1.807, 2.05) is 20.8 Å². The zero-order chi connectivity index (χ0) is 16.2. The second-order valence-corrected chi connectivity index (χ2v) is 6.29. The van der Waals surface area contributed by atoms with E-state index in [-0.39, 0.29) is 24.6 Å². The predicted octanol–water partition coefficient (Wildman–Crippen LogP) is 2.29. The van der Waals surface area contributed by atoms with Crippen molar-refractivity contribution in [3.63, 3.8) is 0 Å². The number of carbonyl (C=O) groups is 2. The summed E-state index contributed by atoms with van der Waals surface area (Å²) < 4.78 is 10.9. The maximum atomic E-state index is 11.9. The van der Waals surface area contributed by atoms with Gasteiger partial charge in [0.15, 0.2) is 0 Å². The summed E-state index contributed by atoms with van der Waals surface area (Å²) in [5, 5.41) is 0. The number of amides is 1. The molecule has 1 aromatic rings. The smallest absolute Gasteiger partial charge is 0.410 e. The van der Waals surface area contributed by atoms with E-state index in [0.717, 1.165) is 0 Å². The molecule has 1 aliphatic heterocycles. The van der Waals surface area contributed by atoms with Gasteiger partial charge in [0.2, 0.25) is 5.78 Å². The van der Waals surface area contributed by atoms with Crippen LogP contribution in [0, 0.1) is 0 Å². The Morgan fingerprint density at radius 2 is 2.14 bits per heavy atom. The van der Waals surface area contributed by atoms with Crippen molar-refractivity contribution in [1.29, 1.82) is 0 Å². The molecule has 6 heteroatoms. The zero-order valence-electron chi connectivity index (χ0n) is 13.2. The molecule has 2 heterocycles. The molecular formula is C16H22N2O4. The summed E-state index contributed by atoms with van der Waals surface area (Å²) in [6.07, 6.45) is 1.80. The average molecular weight is 306 g/mol. The Labute approximate surface area is 130 Å². The van der Waals surface area contributed by atoms with Crippen LogP contribution in [0.2, 0.25) is 0 Å². The number of aromatic nitrogens is 1. The van der Waals surface area contributed by atoms with Crippen LogP contribution in [0.1, 0.15) is 37.7 Å². The van der Waals surface area contributed by atoms with Gasteiger partial charge in [0.1, 0.15) is 17.9 Å². The Kier molecular flexibility index (Phi) is 5.13. The van der Waals surface area contributed by atoms with E-state index in [1.165, 1.54) is 0 Å². The number of pyridine rings is 1. The maximum absolute atomic E-state index is 11.9. The van der Waals surface area contributed by atoms with Crippen molar-refractivity contribution in [2.45, 2.75) is 38.9 Å². The van der Waals surface area contributed by atoms with Crippen LogP contribution in [0.4, 0.5) is 4.79 Å². The molecule has 1 amide bonds. The highest BCUT2D eigenvalue weighted by molar-refractivity contribution is 5.95. The molecule has 0 aliphatic carbocycles. The van der Waals surface area contributed by atoms with Crippen molar-refractivity contribution in [2.24, 2.45) is 0 Å². The summed E-state index contributed by atoms with van der Waals surface area (Å²) in [5.41, 5.74) is -0.116. The Morgan fingerprint density at radius 3 is 2.77 bits per heavy atom. The first-order valence-corrected chi connectivity index (χ1v) is 7.39. The number of hydrogen-bond donors (Lipinski definition) is 0. The molecule has 0 N–H and O–H groups in total. The SMILES string of the molecule is CC(C)(C)OC(=O)N1CC[C@H](OCC(=O)c2ccccn2)C1. The number of Topliss-reactive ketones (excluding diaryl/α,β-unsaturated/α-hetero) is 1. The normalized spacial score (nSPS) is 18.3. The molecule has 1 atom stereocenters. The van der Waals surface area contributed by atoms with Gasteiger partial charge in [0.05, 0.1) is 12.6 Å². The molecule has 1 fully saturated rings. The lowest BCUT2D eigenvalue weighted by Gasteiger charge is -2.24. The molecule has 1 aliphatic rings. The Balaban J connectivity index is 1.77. The number of nitrogens with zero attached hydrogens (tertiary/aromatic N) is 2. The first-order chi connectivity index (χ1) is 10.3. The number of carbonyl (C=O) groups excluding carboxylic acids is 2. The second-order valence-electron chi connectivity index (χ2n) is 6.29. The third-order valence-corrected chi connectivity index (χ3v) is 3.20. The largest absolute Gasteiger partial charge is 0.444 e. The first kappa shape index (κ1) is 16.4. The number of ketones is 1. The van der Waals surface area contributed by atoms with Gasteiger partial charge in [-0.3, -0.25) is 9.78 Å². The number of rotatable bonds is 4. The lowest BCUT2D eigenvalue weighted by atomic mass is 10.2. The fourth-order valence-corrected chi connectivity index (χ4v) is 2.15. The summed E-state index contributed by atoms with van der Waals surface area (Å²) in [6, 6.07) is 5.18. The topological polar surface area (TPSA) is 68.7 Å². The van der Waals surface area contributed by atoms with Crippen LogP contribution in [0.15, 0.2) is 24.4 Å². The van der Waals surface area contributed by atoms with Gasteiger partial charge in [0, 0.05) is 12.7 Å². The van der Waals surface area contributed by atoms with Crippen molar-refractivity contribution >= 4 is 11.9 Å². The van der Waals surface area contributed by atoms with Gasteiger partial charge in [-0.25, -0.2) is 4.79 Å². The van der Waals surface area contributed by atoms with Crippen LogP contribution >= 0.6 is 0 Å². The van der Waals surface area contributed by atoms with Crippen molar-refractivity contribution in [3.05, 3.63) is 30.1 Å². The molecule has 0 saturated carbocycles. The number of likely N-dealkylation sites (tertiary alicyclic amines) is 1. The third kappa shape index (κ3) is 4.80. The summed E-state index contributed by atoms with van der Waals surface area (Å²) >= 11 is 0. The quantitative estimate of drug-likeness (QED) is 0.798. The summed E-state index contributed by atoms with van der Waals surface area (Å²) in [7, 11) is 0. The highest BCUT2D eigenvalue weighted by Crippen LogP contribution is 2.17. The Morgan fingerprint density at radius 1 is 1.36 bits per heavy atom. The molecule has 0 spiro atoms. The molecular weight excluding hydrogens is 284 g/mol. The highest BCUT2D eigenvalue weighted by atomic mass is 16.6.